The number of nitriles is 1. The van der Waals surface area contributed by atoms with Gasteiger partial charge in [-0.1, -0.05) is 30.7 Å². The van der Waals surface area contributed by atoms with Crippen LogP contribution in [-0.4, -0.2) is 14.5 Å². The van der Waals surface area contributed by atoms with Gasteiger partial charge in [0.05, 0.1) is 16.5 Å². The fraction of sp³-hybridized carbons (Fsp3) is 0.350. The normalized spacial score (nSPS) is 20.2. The molecule has 2 aromatic carbocycles. The Bertz CT molecular complexity index is 994. The Morgan fingerprint density at radius 2 is 1.78 bits per heavy atom. The van der Waals surface area contributed by atoms with Crippen molar-refractivity contribution in [3.63, 3.8) is 0 Å². The highest BCUT2D eigenvalue weighted by molar-refractivity contribution is 7.89. The van der Waals surface area contributed by atoms with Crippen LogP contribution in [0.1, 0.15) is 38.2 Å². The maximum atomic E-state index is 14.7. The number of nitrogens with one attached hydrogen (secondary N) is 1. The third-order valence-electron chi connectivity index (χ3n) is 4.98. The summed E-state index contributed by atoms with van der Waals surface area (Å²) in [7, 11) is -3.80. The van der Waals surface area contributed by atoms with E-state index in [1.54, 1.807) is 12.1 Å². The number of hydrogen-bond acceptors (Lipinski definition) is 3. The molecule has 0 aromatic heterocycles. The summed E-state index contributed by atoms with van der Waals surface area (Å²) >= 11 is 5.88. The lowest BCUT2D eigenvalue weighted by molar-refractivity contribution is 0.332. The molecule has 0 amide bonds. The van der Waals surface area contributed by atoms with E-state index in [1.165, 1.54) is 18.2 Å². The van der Waals surface area contributed by atoms with E-state index in [4.69, 9.17) is 11.6 Å². The Morgan fingerprint density at radius 1 is 1.11 bits per heavy atom. The molecule has 1 saturated carbocycles. The van der Waals surface area contributed by atoms with Crippen LogP contribution < -0.4 is 4.72 Å². The number of benzene rings is 2. The lowest BCUT2D eigenvalue weighted by Gasteiger charge is -2.26. The molecular weight excluding hydrogens is 387 g/mol. The Kier molecular flexibility index (Phi) is 5.85. The maximum Gasteiger partial charge on any atom is 0.240 e. The summed E-state index contributed by atoms with van der Waals surface area (Å²) in [5.41, 5.74) is 0.762. The Hall–Kier alpha value is -1.94. The van der Waals surface area contributed by atoms with Crippen molar-refractivity contribution in [3.8, 4) is 17.2 Å². The van der Waals surface area contributed by atoms with Gasteiger partial charge in [-0.2, -0.15) is 5.26 Å². The molecular formula is C20H20ClFN2O2S. The molecule has 0 heterocycles. The number of halogens is 2. The molecule has 3 rings (SSSR count). The zero-order valence-electron chi connectivity index (χ0n) is 14.9. The third kappa shape index (κ3) is 4.49. The number of hydrogen-bond donors (Lipinski definition) is 1. The van der Waals surface area contributed by atoms with Crippen LogP contribution >= 0.6 is 11.6 Å². The standard InChI is InChI=1S/C20H20ClFN2O2S/c1-13-2-5-16(6-3-13)24-27(25,26)17-7-9-19(20(22)11-17)18-8-4-15(21)10-14(18)12-23/h4,7-11,13,16,24H,2-3,5-6H2,1H3. The first-order chi connectivity index (χ1) is 12.8. The maximum absolute atomic E-state index is 14.7. The van der Waals surface area contributed by atoms with Crippen molar-refractivity contribution < 1.29 is 12.8 Å². The van der Waals surface area contributed by atoms with Gasteiger partial charge in [0.25, 0.3) is 0 Å². The zero-order valence-corrected chi connectivity index (χ0v) is 16.4. The van der Waals surface area contributed by atoms with Gasteiger partial charge in [0.15, 0.2) is 0 Å². The summed E-state index contributed by atoms with van der Waals surface area (Å²) in [6, 6.07) is 10.2. The van der Waals surface area contributed by atoms with Crippen molar-refractivity contribution in [1.82, 2.24) is 4.72 Å². The largest absolute Gasteiger partial charge is 0.240 e. The Balaban J connectivity index is 1.87. The Labute approximate surface area is 164 Å². The van der Waals surface area contributed by atoms with Crippen molar-refractivity contribution >= 4 is 21.6 Å². The molecule has 1 aliphatic rings. The molecule has 0 radical (unpaired) electrons. The van der Waals surface area contributed by atoms with Crippen molar-refractivity contribution in [3.05, 3.63) is 52.8 Å². The second kappa shape index (κ2) is 7.97. The topological polar surface area (TPSA) is 70.0 Å². The molecule has 0 bridgehead atoms. The van der Waals surface area contributed by atoms with Crippen LogP contribution in [0, 0.1) is 23.1 Å². The molecule has 7 heteroatoms. The van der Waals surface area contributed by atoms with Gasteiger partial charge in [-0.25, -0.2) is 17.5 Å². The lowest BCUT2D eigenvalue weighted by atomic mass is 9.88. The molecule has 27 heavy (non-hydrogen) atoms. The molecule has 0 atom stereocenters. The fourth-order valence-electron chi connectivity index (χ4n) is 3.39. The SMILES string of the molecule is CC1CCC(NS(=O)(=O)c2ccc(-c3ccc(Cl)cc3C#N)c(F)c2)CC1. The van der Waals surface area contributed by atoms with Crippen LogP contribution in [0.25, 0.3) is 11.1 Å². The molecule has 0 saturated heterocycles. The average Bonchev–Trinajstić information content (AvgIpc) is 2.63. The second-order valence-corrected chi connectivity index (χ2v) is 9.17. The van der Waals surface area contributed by atoms with Gasteiger partial charge in [0.2, 0.25) is 10.0 Å². The first-order valence-electron chi connectivity index (χ1n) is 8.82. The third-order valence-corrected chi connectivity index (χ3v) is 6.73. The fourth-order valence-corrected chi connectivity index (χ4v) is 4.88. The quantitative estimate of drug-likeness (QED) is 0.786. The predicted octanol–water partition coefficient (Wildman–Crippen LogP) is 4.87. The van der Waals surface area contributed by atoms with E-state index in [0.29, 0.717) is 16.5 Å². The van der Waals surface area contributed by atoms with Crippen LogP contribution in [0.15, 0.2) is 41.3 Å². The van der Waals surface area contributed by atoms with E-state index in [-0.39, 0.29) is 22.1 Å². The van der Waals surface area contributed by atoms with Gasteiger partial charge < -0.3 is 0 Å². The summed E-state index contributed by atoms with van der Waals surface area (Å²) < 4.78 is 42.6. The van der Waals surface area contributed by atoms with E-state index in [1.807, 2.05) is 6.07 Å². The summed E-state index contributed by atoms with van der Waals surface area (Å²) in [5, 5.41) is 9.62. The summed E-state index contributed by atoms with van der Waals surface area (Å²) in [6.45, 7) is 2.16. The van der Waals surface area contributed by atoms with E-state index in [2.05, 4.69) is 11.6 Å². The van der Waals surface area contributed by atoms with E-state index in [0.717, 1.165) is 31.7 Å². The zero-order chi connectivity index (χ0) is 19.6. The average molecular weight is 407 g/mol. The van der Waals surface area contributed by atoms with Crippen LogP contribution in [0.3, 0.4) is 0 Å². The van der Waals surface area contributed by atoms with Crippen LogP contribution in [0.2, 0.25) is 5.02 Å². The summed E-state index contributed by atoms with van der Waals surface area (Å²) in [6.07, 6.45) is 3.54. The first kappa shape index (κ1) is 19.8. The van der Waals surface area contributed by atoms with Gasteiger partial charge in [-0.3, -0.25) is 0 Å². The minimum atomic E-state index is -3.80. The van der Waals surface area contributed by atoms with Crippen molar-refractivity contribution in [2.75, 3.05) is 0 Å². The van der Waals surface area contributed by atoms with Gasteiger partial charge in [0, 0.05) is 22.2 Å². The molecule has 0 spiro atoms. The van der Waals surface area contributed by atoms with Crippen LogP contribution in [0.4, 0.5) is 4.39 Å². The monoisotopic (exact) mass is 406 g/mol. The van der Waals surface area contributed by atoms with Gasteiger partial charge in [-0.15, -0.1) is 0 Å². The van der Waals surface area contributed by atoms with Crippen molar-refractivity contribution in [1.29, 1.82) is 5.26 Å². The smallest absolute Gasteiger partial charge is 0.208 e. The first-order valence-corrected chi connectivity index (χ1v) is 10.7. The molecule has 142 valence electrons. The van der Waals surface area contributed by atoms with Crippen LogP contribution in [0.5, 0.6) is 0 Å². The second-order valence-electron chi connectivity index (χ2n) is 7.02. The van der Waals surface area contributed by atoms with E-state index >= 15 is 0 Å². The molecule has 2 aromatic rings. The summed E-state index contributed by atoms with van der Waals surface area (Å²) in [5.74, 6) is -0.0925. The highest BCUT2D eigenvalue weighted by Crippen LogP contribution is 2.30. The van der Waals surface area contributed by atoms with Gasteiger partial charge in [-0.05, 0) is 55.9 Å². The molecule has 1 N–H and O–H groups in total. The minimum absolute atomic E-state index is 0.115. The number of rotatable bonds is 4. The number of nitrogens with zero attached hydrogens (tertiary/aromatic N) is 1. The summed E-state index contributed by atoms with van der Waals surface area (Å²) in [4.78, 5) is -0.116. The lowest BCUT2D eigenvalue weighted by Crippen LogP contribution is -2.37. The predicted molar refractivity (Wildman–Crippen MR) is 103 cm³/mol. The van der Waals surface area contributed by atoms with Crippen LogP contribution in [-0.2, 0) is 10.0 Å². The Morgan fingerprint density at radius 3 is 2.41 bits per heavy atom. The molecule has 0 aliphatic heterocycles. The van der Waals surface area contributed by atoms with Crippen molar-refractivity contribution in [2.24, 2.45) is 5.92 Å². The minimum Gasteiger partial charge on any atom is -0.208 e. The van der Waals surface area contributed by atoms with Gasteiger partial charge in [0.1, 0.15) is 5.82 Å². The number of sulfonamides is 1. The van der Waals surface area contributed by atoms with E-state index in [9.17, 15) is 18.1 Å². The van der Waals surface area contributed by atoms with Crippen molar-refractivity contribution in [2.45, 2.75) is 43.5 Å². The van der Waals surface area contributed by atoms with Gasteiger partial charge >= 0.3 is 0 Å². The molecule has 1 fully saturated rings. The molecule has 1 aliphatic carbocycles. The van der Waals surface area contributed by atoms with E-state index < -0.39 is 15.8 Å². The highest BCUT2D eigenvalue weighted by atomic mass is 35.5. The molecule has 4 nitrogen and oxygen atoms in total. The molecule has 0 unspecified atom stereocenters. The highest BCUT2D eigenvalue weighted by Gasteiger charge is 2.25.